The number of rotatable bonds is 6. The van der Waals surface area contributed by atoms with Crippen molar-refractivity contribution in [3.05, 3.63) is 35.9 Å². The van der Waals surface area contributed by atoms with Crippen molar-refractivity contribution in [2.45, 2.75) is 71.6 Å². The molecule has 0 aromatic heterocycles. The van der Waals surface area contributed by atoms with E-state index in [1.165, 1.54) is 5.56 Å². The molecule has 1 aromatic carbocycles. The fourth-order valence-electron chi connectivity index (χ4n) is 2.21. The van der Waals surface area contributed by atoms with Crippen LogP contribution < -0.4 is 10.6 Å². The lowest BCUT2D eigenvalue weighted by atomic mass is 10.1. The van der Waals surface area contributed by atoms with Gasteiger partial charge in [0.25, 0.3) is 0 Å². The van der Waals surface area contributed by atoms with Crippen molar-refractivity contribution in [2.75, 3.05) is 6.54 Å². The van der Waals surface area contributed by atoms with Crippen LogP contribution >= 0.6 is 0 Å². The number of aryl methyl sites for hydroxylation is 1. The van der Waals surface area contributed by atoms with Crippen LogP contribution in [0.25, 0.3) is 0 Å². The summed E-state index contributed by atoms with van der Waals surface area (Å²) < 4.78 is 10.6. The normalized spacial score (nSPS) is 12.8. The Morgan fingerprint density at radius 1 is 0.923 bits per heavy atom. The van der Waals surface area contributed by atoms with Crippen LogP contribution in [0.5, 0.6) is 0 Å². The predicted octanol–water partition coefficient (Wildman–Crippen LogP) is 4.04. The smallest absolute Gasteiger partial charge is 0.407 e. The lowest BCUT2D eigenvalue weighted by Gasteiger charge is -2.25. The number of carbonyl (C=O) groups is 2. The van der Waals surface area contributed by atoms with E-state index in [2.05, 4.69) is 10.6 Å². The van der Waals surface area contributed by atoms with Crippen LogP contribution in [0.2, 0.25) is 0 Å². The summed E-state index contributed by atoms with van der Waals surface area (Å²) in [7, 11) is 0. The maximum Gasteiger partial charge on any atom is 0.407 e. The Labute approximate surface area is 156 Å². The number of ether oxygens (including phenoxy) is 2. The molecule has 1 aromatic rings. The Morgan fingerprint density at radius 2 is 1.46 bits per heavy atom. The van der Waals surface area contributed by atoms with Crippen molar-refractivity contribution in [3.8, 4) is 0 Å². The third-order valence-corrected chi connectivity index (χ3v) is 3.24. The van der Waals surface area contributed by atoms with Crippen molar-refractivity contribution >= 4 is 12.2 Å². The number of alkyl carbamates (subject to hydrolysis) is 2. The van der Waals surface area contributed by atoms with Gasteiger partial charge in [0.2, 0.25) is 0 Å². The molecule has 1 atom stereocenters. The zero-order valence-corrected chi connectivity index (χ0v) is 16.7. The highest BCUT2D eigenvalue weighted by Gasteiger charge is 2.21. The lowest BCUT2D eigenvalue weighted by molar-refractivity contribution is 0.0461. The first-order chi connectivity index (χ1) is 11.9. The maximum absolute atomic E-state index is 12.1. The van der Waals surface area contributed by atoms with Crippen molar-refractivity contribution in [2.24, 2.45) is 0 Å². The Kier molecular flexibility index (Phi) is 7.93. The van der Waals surface area contributed by atoms with Gasteiger partial charge in [0, 0.05) is 12.6 Å². The van der Waals surface area contributed by atoms with Crippen LogP contribution in [0.1, 0.15) is 53.5 Å². The molecule has 0 bridgehead atoms. The quantitative estimate of drug-likeness (QED) is 0.799. The van der Waals surface area contributed by atoms with Crippen LogP contribution in [-0.2, 0) is 15.9 Å². The van der Waals surface area contributed by atoms with Gasteiger partial charge in [-0.15, -0.1) is 0 Å². The third kappa shape index (κ3) is 10.6. The van der Waals surface area contributed by atoms with Crippen molar-refractivity contribution < 1.29 is 19.1 Å². The first-order valence-corrected chi connectivity index (χ1v) is 8.95. The molecule has 2 amide bonds. The number of hydrogen-bond donors (Lipinski definition) is 2. The minimum absolute atomic E-state index is 0.265. The standard InChI is InChI=1S/C20H32N2O4/c1-19(2,3)25-17(23)21-14-16(22-18(24)26-20(4,5)6)13-12-15-10-8-7-9-11-15/h7-11,16H,12-14H2,1-6H3,(H,21,23)(H,22,24). The van der Waals surface area contributed by atoms with Crippen LogP contribution in [0, 0.1) is 0 Å². The van der Waals surface area contributed by atoms with Gasteiger partial charge in [-0.05, 0) is 59.9 Å². The summed E-state index contributed by atoms with van der Waals surface area (Å²) in [6, 6.07) is 9.72. The summed E-state index contributed by atoms with van der Waals surface area (Å²) in [4.78, 5) is 24.0. The molecule has 0 aliphatic carbocycles. The van der Waals surface area contributed by atoms with Gasteiger partial charge in [-0.25, -0.2) is 9.59 Å². The van der Waals surface area contributed by atoms with Gasteiger partial charge in [0.05, 0.1) is 0 Å². The predicted molar refractivity (Wildman–Crippen MR) is 102 cm³/mol. The molecule has 6 nitrogen and oxygen atoms in total. The van der Waals surface area contributed by atoms with Crippen LogP contribution in [0.3, 0.4) is 0 Å². The molecule has 0 heterocycles. The summed E-state index contributed by atoms with van der Waals surface area (Å²) in [6.07, 6.45) is 0.436. The molecule has 26 heavy (non-hydrogen) atoms. The molecule has 0 saturated carbocycles. The molecule has 1 unspecified atom stereocenters. The number of benzene rings is 1. The summed E-state index contributed by atoms with van der Waals surface area (Å²) >= 11 is 0. The Morgan fingerprint density at radius 3 is 2.00 bits per heavy atom. The van der Waals surface area contributed by atoms with E-state index >= 15 is 0 Å². The molecule has 0 radical (unpaired) electrons. The molecule has 2 N–H and O–H groups in total. The maximum atomic E-state index is 12.1. The third-order valence-electron chi connectivity index (χ3n) is 3.24. The molecular formula is C20H32N2O4. The molecular weight excluding hydrogens is 332 g/mol. The lowest BCUT2D eigenvalue weighted by Crippen LogP contribution is -2.46. The van der Waals surface area contributed by atoms with Gasteiger partial charge in [-0.3, -0.25) is 0 Å². The summed E-state index contributed by atoms with van der Waals surface area (Å²) in [6.45, 7) is 11.1. The van der Waals surface area contributed by atoms with E-state index in [-0.39, 0.29) is 12.6 Å². The van der Waals surface area contributed by atoms with Crippen LogP contribution in [-0.4, -0.2) is 36.0 Å². The van der Waals surface area contributed by atoms with Gasteiger partial charge >= 0.3 is 12.2 Å². The molecule has 0 saturated heterocycles. The molecule has 146 valence electrons. The second-order valence-corrected chi connectivity index (χ2v) is 8.25. The Balaban J connectivity index is 2.62. The van der Waals surface area contributed by atoms with Crippen molar-refractivity contribution in [1.29, 1.82) is 0 Å². The van der Waals surface area contributed by atoms with E-state index in [4.69, 9.17) is 9.47 Å². The largest absolute Gasteiger partial charge is 0.444 e. The molecule has 0 fully saturated rings. The molecule has 6 heteroatoms. The van der Waals surface area contributed by atoms with E-state index in [0.717, 1.165) is 6.42 Å². The Bertz CT molecular complexity index is 574. The highest BCUT2D eigenvalue weighted by Crippen LogP contribution is 2.10. The zero-order valence-electron chi connectivity index (χ0n) is 16.7. The van der Waals surface area contributed by atoms with Gasteiger partial charge in [0.1, 0.15) is 11.2 Å². The average Bonchev–Trinajstić information content (AvgIpc) is 2.47. The van der Waals surface area contributed by atoms with Crippen LogP contribution in [0.15, 0.2) is 30.3 Å². The number of hydrogen-bond acceptors (Lipinski definition) is 4. The Hall–Kier alpha value is -2.24. The van der Waals surface area contributed by atoms with E-state index in [1.54, 1.807) is 20.8 Å². The summed E-state index contributed by atoms with van der Waals surface area (Å²) in [5.74, 6) is 0. The topological polar surface area (TPSA) is 76.7 Å². The van der Waals surface area contributed by atoms with Gasteiger partial charge < -0.3 is 20.1 Å². The highest BCUT2D eigenvalue weighted by molar-refractivity contribution is 5.69. The first-order valence-electron chi connectivity index (χ1n) is 8.95. The number of carbonyl (C=O) groups excluding carboxylic acids is 2. The van der Waals surface area contributed by atoms with Gasteiger partial charge in [0.15, 0.2) is 0 Å². The zero-order chi connectivity index (χ0) is 19.8. The van der Waals surface area contributed by atoms with Crippen molar-refractivity contribution in [3.63, 3.8) is 0 Å². The van der Waals surface area contributed by atoms with Gasteiger partial charge in [-0.1, -0.05) is 30.3 Å². The van der Waals surface area contributed by atoms with Crippen LogP contribution in [0.4, 0.5) is 9.59 Å². The highest BCUT2D eigenvalue weighted by atomic mass is 16.6. The number of amides is 2. The number of nitrogens with one attached hydrogen (secondary N) is 2. The first kappa shape index (κ1) is 21.8. The molecule has 1 rings (SSSR count). The van der Waals surface area contributed by atoms with E-state index < -0.39 is 23.4 Å². The minimum Gasteiger partial charge on any atom is -0.444 e. The molecule has 0 aliphatic rings. The monoisotopic (exact) mass is 364 g/mol. The molecule has 0 aliphatic heterocycles. The van der Waals surface area contributed by atoms with E-state index in [9.17, 15) is 9.59 Å². The summed E-state index contributed by atoms with van der Waals surface area (Å²) in [5.41, 5.74) is 0.0234. The minimum atomic E-state index is -0.577. The summed E-state index contributed by atoms with van der Waals surface area (Å²) in [5, 5.41) is 5.54. The van der Waals surface area contributed by atoms with E-state index in [1.807, 2.05) is 51.1 Å². The second-order valence-electron chi connectivity index (χ2n) is 8.25. The fourth-order valence-corrected chi connectivity index (χ4v) is 2.21. The second kappa shape index (κ2) is 9.46. The average molecular weight is 364 g/mol. The van der Waals surface area contributed by atoms with Gasteiger partial charge in [-0.2, -0.15) is 0 Å². The van der Waals surface area contributed by atoms with E-state index in [0.29, 0.717) is 6.42 Å². The van der Waals surface area contributed by atoms with Crippen molar-refractivity contribution in [1.82, 2.24) is 10.6 Å². The SMILES string of the molecule is CC(C)(C)OC(=O)NCC(CCc1ccccc1)NC(=O)OC(C)(C)C. The fraction of sp³-hybridized carbons (Fsp3) is 0.600. The molecule has 0 spiro atoms.